The van der Waals surface area contributed by atoms with Crippen molar-refractivity contribution in [2.24, 2.45) is 0 Å². The lowest BCUT2D eigenvalue weighted by molar-refractivity contribution is 0.0439. The van der Waals surface area contributed by atoms with Gasteiger partial charge < -0.3 is 9.15 Å². The molecule has 3 rings (SSSR count). The molecule has 23 heavy (non-hydrogen) atoms. The van der Waals surface area contributed by atoms with Crippen LogP contribution in [0.3, 0.4) is 0 Å². The number of hydrogen-bond acceptors (Lipinski definition) is 5. The Bertz CT molecular complexity index is 849. The molecule has 3 aromatic rings. The molecule has 7 heteroatoms. The number of hydrogen-bond donors (Lipinski definition) is 0. The maximum atomic E-state index is 12.0. The van der Waals surface area contributed by atoms with E-state index in [1.54, 1.807) is 42.5 Å². The van der Waals surface area contributed by atoms with Crippen molar-refractivity contribution in [3.05, 3.63) is 70.0 Å². The summed E-state index contributed by atoms with van der Waals surface area (Å²) in [5, 5.41) is 8.55. The van der Waals surface area contributed by atoms with Gasteiger partial charge in [-0.05, 0) is 24.3 Å². The molecule has 0 N–H and O–H groups in total. The van der Waals surface area contributed by atoms with Crippen molar-refractivity contribution in [2.75, 3.05) is 0 Å². The Balaban J connectivity index is 1.70. The molecule has 1 heterocycles. The minimum Gasteiger partial charge on any atom is -0.452 e. The molecule has 1 aromatic heterocycles. The van der Waals surface area contributed by atoms with E-state index in [1.165, 1.54) is 0 Å². The van der Waals surface area contributed by atoms with E-state index in [-0.39, 0.29) is 24.0 Å². The third-order valence-electron chi connectivity index (χ3n) is 2.99. The number of carbonyl (C=O) groups is 1. The van der Waals surface area contributed by atoms with Gasteiger partial charge in [0.25, 0.3) is 5.89 Å². The summed E-state index contributed by atoms with van der Waals surface area (Å²) < 4.78 is 10.6. The number of halogens is 2. The third-order valence-corrected chi connectivity index (χ3v) is 3.65. The molecule has 0 atom stereocenters. The second-order valence-corrected chi connectivity index (χ2v) is 5.35. The van der Waals surface area contributed by atoms with Gasteiger partial charge >= 0.3 is 5.97 Å². The van der Waals surface area contributed by atoms with Gasteiger partial charge in [-0.2, -0.15) is 0 Å². The van der Waals surface area contributed by atoms with Crippen LogP contribution < -0.4 is 0 Å². The van der Waals surface area contributed by atoms with E-state index in [1.807, 2.05) is 6.07 Å². The Labute approximate surface area is 141 Å². The average Bonchev–Trinajstić information content (AvgIpc) is 3.02. The highest BCUT2D eigenvalue weighted by molar-refractivity contribution is 6.33. The van der Waals surface area contributed by atoms with Gasteiger partial charge in [0.2, 0.25) is 5.89 Å². The van der Waals surface area contributed by atoms with E-state index < -0.39 is 5.97 Å². The fourth-order valence-electron chi connectivity index (χ4n) is 1.89. The van der Waals surface area contributed by atoms with Gasteiger partial charge in [0, 0.05) is 0 Å². The number of aromatic nitrogens is 2. The zero-order valence-electron chi connectivity index (χ0n) is 11.7. The van der Waals surface area contributed by atoms with E-state index in [4.69, 9.17) is 32.4 Å². The van der Waals surface area contributed by atoms with Crippen molar-refractivity contribution >= 4 is 29.2 Å². The van der Waals surface area contributed by atoms with Crippen molar-refractivity contribution in [1.29, 1.82) is 0 Å². The summed E-state index contributed by atoms with van der Waals surface area (Å²) in [5.41, 5.74) is 0.894. The van der Waals surface area contributed by atoms with Crippen molar-refractivity contribution < 1.29 is 13.9 Å². The summed E-state index contributed by atoms with van der Waals surface area (Å²) in [6, 6.07) is 13.7. The number of carbonyl (C=O) groups excluding carboxylic acids is 1. The minimum atomic E-state index is -0.562. The molecular formula is C16H10Cl2N2O3. The molecule has 0 aliphatic heterocycles. The van der Waals surface area contributed by atoms with E-state index in [2.05, 4.69) is 10.2 Å². The molecule has 0 bridgehead atoms. The Hall–Kier alpha value is -2.37. The largest absolute Gasteiger partial charge is 0.452 e. The molecule has 0 aliphatic carbocycles. The first-order chi connectivity index (χ1) is 11.1. The molecule has 0 fully saturated rings. The van der Waals surface area contributed by atoms with Crippen molar-refractivity contribution in [1.82, 2.24) is 10.2 Å². The predicted molar refractivity (Wildman–Crippen MR) is 85.3 cm³/mol. The first-order valence-electron chi connectivity index (χ1n) is 6.64. The molecule has 0 aliphatic rings. The van der Waals surface area contributed by atoms with Crippen LogP contribution in [0.4, 0.5) is 0 Å². The maximum absolute atomic E-state index is 12.0. The van der Waals surface area contributed by atoms with Crippen molar-refractivity contribution in [3.63, 3.8) is 0 Å². The first-order valence-corrected chi connectivity index (χ1v) is 7.39. The monoisotopic (exact) mass is 348 g/mol. The first kappa shape index (κ1) is 15.5. The third kappa shape index (κ3) is 3.52. The highest BCUT2D eigenvalue weighted by Crippen LogP contribution is 2.26. The van der Waals surface area contributed by atoms with E-state index >= 15 is 0 Å². The number of rotatable bonds is 4. The zero-order valence-corrected chi connectivity index (χ0v) is 13.2. The van der Waals surface area contributed by atoms with Gasteiger partial charge in [-0.15, -0.1) is 10.2 Å². The molecule has 0 saturated heterocycles. The van der Waals surface area contributed by atoms with Crippen LogP contribution in [0.15, 0.2) is 52.9 Å². The fraction of sp³-hybridized carbons (Fsp3) is 0.0625. The van der Waals surface area contributed by atoms with Crippen LogP contribution in [-0.2, 0) is 11.3 Å². The summed E-state index contributed by atoms with van der Waals surface area (Å²) in [4.78, 5) is 12.0. The molecule has 116 valence electrons. The molecule has 0 radical (unpaired) electrons. The van der Waals surface area contributed by atoms with Gasteiger partial charge in [0.1, 0.15) is 0 Å². The lowest BCUT2D eigenvalue weighted by Gasteiger charge is -2.03. The minimum absolute atomic E-state index is 0.151. The molecular weight excluding hydrogens is 339 g/mol. The summed E-state index contributed by atoms with van der Waals surface area (Å²) in [6.07, 6.45) is 0. The fourth-order valence-corrected chi connectivity index (χ4v) is 2.32. The standard InChI is InChI=1S/C16H10Cl2N2O3/c17-12-7-3-1-5-10(12)15-20-19-14(23-15)9-22-16(21)11-6-2-4-8-13(11)18/h1-8H,9H2. The summed E-state index contributed by atoms with van der Waals surface area (Å²) in [7, 11) is 0. The van der Waals surface area contributed by atoms with Crippen LogP contribution in [0, 0.1) is 0 Å². The smallest absolute Gasteiger partial charge is 0.340 e. The quantitative estimate of drug-likeness (QED) is 0.653. The Morgan fingerprint density at radius 3 is 2.43 bits per heavy atom. The predicted octanol–water partition coefficient (Wildman–Crippen LogP) is 4.40. The maximum Gasteiger partial charge on any atom is 0.340 e. The topological polar surface area (TPSA) is 65.2 Å². The molecule has 0 unspecified atom stereocenters. The normalized spacial score (nSPS) is 10.5. The van der Waals surface area contributed by atoms with E-state index in [0.29, 0.717) is 15.6 Å². The molecule has 0 amide bonds. The summed E-state index contributed by atoms with van der Waals surface area (Å²) in [5.74, 6) is -0.132. The van der Waals surface area contributed by atoms with Gasteiger partial charge in [-0.3, -0.25) is 0 Å². The highest BCUT2D eigenvalue weighted by atomic mass is 35.5. The van der Waals surface area contributed by atoms with Crippen LogP contribution in [0.25, 0.3) is 11.5 Å². The van der Waals surface area contributed by atoms with Gasteiger partial charge in [0.05, 0.1) is 21.2 Å². The Morgan fingerprint density at radius 2 is 1.70 bits per heavy atom. The van der Waals surface area contributed by atoms with Crippen LogP contribution in [0.5, 0.6) is 0 Å². The molecule has 5 nitrogen and oxygen atoms in total. The Morgan fingerprint density at radius 1 is 1.00 bits per heavy atom. The number of ether oxygens (including phenoxy) is 1. The summed E-state index contributed by atoms with van der Waals surface area (Å²) >= 11 is 12.0. The second kappa shape index (κ2) is 6.81. The highest BCUT2D eigenvalue weighted by Gasteiger charge is 2.15. The Kier molecular flexibility index (Phi) is 4.60. The lowest BCUT2D eigenvalue weighted by Crippen LogP contribution is -2.06. The number of esters is 1. The molecule has 2 aromatic carbocycles. The van der Waals surface area contributed by atoms with Crippen molar-refractivity contribution in [2.45, 2.75) is 6.61 Å². The number of benzene rings is 2. The van der Waals surface area contributed by atoms with Gasteiger partial charge in [-0.1, -0.05) is 47.5 Å². The zero-order chi connectivity index (χ0) is 16.2. The van der Waals surface area contributed by atoms with E-state index in [9.17, 15) is 4.79 Å². The van der Waals surface area contributed by atoms with Gasteiger partial charge in [0.15, 0.2) is 6.61 Å². The average molecular weight is 349 g/mol. The molecule has 0 saturated carbocycles. The van der Waals surface area contributed by atoms with Crippen LogP contribution in [0.1, 0.15) is 16.2 Å². The molecule has 0 spiro atoms. The summed E-state index contributed by atoms with van der Waals surface area (Å²) in [6.45, 7) is -0.151. The van der Waals surface area contributed by atoms with Crippen molar-refractivity contribution in [3.8, 4) is 11.5 Å². The van der Waals surface area contributed by atoms with Gasteiger partial charge in [-0.25, -0.2) is 4.79 Å². The van der Waals surface area contributed by atoms with Crippen LogP contribution in [0.2, 0.25) is 10.0 Å². The van der Waals surface area contributed by atoms with E-state index in [0.717, 1.165) is 0 Å². The lowest BCUT2D eigenvalue weighted by atomic mass is 10.2. The number of nitrogens with zero attached hydrogens (tertiary/aromatic N) is 2. The SMILES string of the molecule is O=C(OCc1nnc(-c2ccccc2Cl)o1)c1ccccc1Cl. The van der Waals surface area contributed by atoms with Crippen LogP contribution >= 0.6 is 23.2 Å². The second-order valence-electron chi connectivity index (χ2n) is 4.54. The van der Waals surface area contributed by atoms with Crippen LogP contribution in [-0.4, -0.2) is 16.2 Å².